The molecule has 24 heavy (non-hydrogen) atoms. The molecule has 2 N–H and O–H groups in total. The lowest BCUT2D eigenvalue weighted by Gasteiger charge is -2.33. The largest absolute Gasteiger partial charge is 0.376 e. The van der Waals surface area contributed by atoms with Crippen molar-refractivity contribution in [3.05, 3.63) is 35.9 Å². The number of carbonyl (C=O) groups excluding carboxylic acids is 1. The van der Waals surface area contributed by atoms with E-state index in [1.165, 1.54) is 0 Å². The average Bonchev–Trinajstić information content (AvgIpc) is 3.14. The van der Waals surface area contributed by atoms with Gasteiger partial charge in [0.2, 0.25) is 0 Å². The van der Waals surface area contributed by atoms with Gasteiger partial charge in [0.15, 0.2) is 5.11 Å². The van der Waals surface area contributed by atoms with Crippen molar-refractivity contribution in [1.82, 2.24) is 15.5 Å². The van der Waals surface area contributed by atoms with E-state index in [1.807, 2.05) is 35.2 Å². The van der Waals surface area contributed by atoms with Crippen LogP contribution in [0, 0.1) is 0 Å². The topological polar surface area (TPSA) is 53.6 Å². The number of hydrogen-bond acceptors (Lipinski definition) is 3. The number of hydrogen-bond donors (Lipinski definition) is 2. The number of benzene rings is 1. The number of carbonyl (C=O) groups is 1. The van der Waals surface area contributed by atoms with Gasteiger partial charge in [-0.2, -0.15) is 0 Å². The van der Waals surface area contributed by atoms with Crippen LogP contribution >= 0.6 is 12.2 Å². The summed E-state index contributed by atoms with van der Waals surface area (Å²) in [5.41, 5.74) is 0.762. The highest BCUT2D eigenvalue weighted by molar-refractivity contribution is 7.80. The first-order chi connectivity index (χ1) is 11.7. The minimum absolute atomic E-state index is 0.119. The monoisotopic (exact) mass is 347 g/mol. The molecule has 2 heterocycles. The van der Waals surface area contributed by atoms with Crippen LogP contribution in [-0.4, -0.2) is 54.3 Å². The second kappa shape index (κ2) is 8.44. The molecule has 1 unspecified atom stereocenters. The van der Waals surface area contributed by atoms with Crippen LogP contribution in [0.15, 0.2) is 30.3 Å². The Morgan fingerprint density at radius 1 is 1.21 bits per heavy atom. The van der Waals surface area contributed by atoms with E-state index in [0.717, 1.165) is 57.5 Å². The molecule has 0 aromatic heterocycles. The number of rotatable bonds is 4. The highest BCUT2D eigenvalue weighted by Gasteiger charge is 2.24. The number of ether oxygens (including phenoxy) is 1. The highest BCUT2D eigenvalue weighted by atomic mass is 32.1. The van der Waals surface area contributed by atoms with Gasteiger partial charge in [-0.1, -0.05) is 18.2 Å². The molecule has 130 valence electrons. The summed E-state index contributed by atoms with van der Waals surface area (Å²) in [6, 6.07) is 9.80. The van der Waals surface area contributed by atoms with Gasteiger partial charge < -0.3 is 20.3 Å². The Morgan fingerprint density at radius 2 is 1.96 bits per heavy atom. The fourth-order valence-corrected chi connectivity index (χ4v) is 3.49. The van der Waals surface area contributed by atoms with Crippen LogP contribution < -0.4 is 10.6 Å². The lowest BCUT2D eigenvalue weighted by Crippen LogP contribution is -2.49. The number of nitrogens with zero attached hydrogens (tertiary/aromatic N) is 1. The van der Waals surface area contributed by atoms with Gasteiger partial charge in [0.1, 0.15) is 0 Å². The summed E-state index contributed by atoms with van der Waals surface area (Å²) in [5.74, 6) is 0.119. The quantitative estimate of drug-likeness (QED) is 0.815. The van der Waals surface area contributed by atoms with Gasteiger partial charge in [0, 0.05) is 37.8 Å². The first-order valence-corrected chi connectivity index (χ1v) is 9.13. The average molecular weight is 347 g/mol. The summed E-state index contributed by atoms with van der Waals surface area (Å²) in [6.07, 6.45) is 4.37. The predicted molar refractivity (Wildman–Crippen MR) is 98.1 cm³/mol. The van der Waals surface area contributed by atoms with E-state index in [0.29, 0.717) is 11.2 Å². The number of piperidine rings is 1. The molecule has 0 saturated carbocycles. The van der Waals surface area contributed by atoms with E-state index >= 15 is 0 Å². The molecule has 2 aliphatic rings. The van der Waals surface area contributed by atoms with E-state index < -0.39 is 0 Å². The van der Waals surface area contributed by atoms with E-state index in [4.69, 9.17) is 17.0 Å². The molecule has 1 aromatic carbocycles. The zero-order valence-electron chi connectivity index (χ0n) is 13.9. The molecule has 2 saturated heterocycles. The maximum atomic E-state index is 12.4. The number of likely N-dealkylation sites (tertiary alicyclic amines) is 1. The Hall–Kier alpha value is -1.66. The maximum Gasteiger partial charge on any atom is 0.253 e. The van der Waals surface area contributed by atoms with Crippen LogP contribution in [0.2, 0.25) is 0 Å². The summed E-state index contributed by atoms with van der Waals surface area (Å²) < 4.78 is 5.58. The molecule has 3 rings (SSSR count). The Bertz CT molecular complexity index is 553. The lowest BCUT2D eigenvalue weighted by atomic mass is 10.0. The summed E-state index contributed by atoms with van der Waals surface area (Å²) in [4.78, 5) is 14.4. The molecule has 1 aromatic rings. The van der Waals surface area contributed by atoms with Crippen LogP contribution in [0.5, 0.6) is 0 Å². The van der Waals surface area contributed by atoms with Gasteiger partial charge in [-0.15, -0.1) is 0 Å². The minimum Gasteiger partial charge on any atom is -0.376 e. The van der Waals surface area contributed by atoms with Crippen LogP contribution in [0.25, 0.3) is 0 Å². The van der Waals surface area contributed by atoms with Gasteiger partial charge in [-0.05, 0) is 50.0 Å². The van der Waals surface area contributed by atoms with Crippen molar-refractivity contribution in [2.24, 2.45) is 0 Å². The Morgan fingerprint density at radius 3 is 2.62 bits per heavy atom. The second-order valence-electron chi connectivity index (χ2n) is 6.42. The normalized spacial score (nSPS) is 21.5. The second-order valence-corrected chi connectivity index (χ2v) is 6.83. The molecule has 0 radical (unpaired) electrons. The zero-order valence-corrected chi connectivity index (χ0v) is 14.7. The molecule has 2 fully saturated rings. The summed E-state index contributed by atoms with van der Waals surface area (Å²) in [6.45, 7) is 3.16. The van der Waals surface area contributed by atoms with E-state index in [9.17, 15) is 4.79 Å². The molecular formula is C18H25N3O2S. The third-order valence-corrected chi connectivity index (χ3v) is 4.91. The van der Waals surface area contributed by atoms with Crippen molar-refractivity contribution >= 4 is 23.2 Å². The Labute approximate surface area is 148 Å². The number of nitrogens with one attached hydrogen (secondary N) is 2. The SMILES string of the molecule is O=C(c1ccccc1)N1CCC(NC(=S)NCC2CCCO2)CC1. The smallest absolute Gasteiger partial charge is 0.253 e. The van der Waals surface area contributed by atoms with Gasteiger partial charge in [0.25, 0.3) is 5.91 Å². The lowest BCUT2D eigenvalue weighted by molar-refractivity contribution is 0.0710. The molecule has 2 aliphatic heterocycles. The van der Waals surface area contributed by atoms with Gasteiger partial charge in [-0.25, -0.2) is 0 Å². The zero-order chi connectivity index (χ0) is 16.8. The van der Waals surface area contributed by atoms with Gasteiger partial charge in [-0.3, -0.25) is 4.79 Å². The standard InChI is InChI=1S/C18H25N3O2S/c22-17(14-5-2-1-3-6-14)21-10-8-15(9-11-21)20-18(24)19-13-16-7-4-12-23-16/h1-3,5-6,15-16H,4,7-13H2,(H2,19,20,24). The van der Waals surface area contributed by atoms with Gasteiger partial charge in [0.05, 0.1) is 6.10 Å². The molecule has 1 atom stereocenters. The van der Waals surface area contributed by atoms with Crippen molar-refractivity contribution in [2.75, 3.05) is 26.2 Å². The highest BCUT2D eigenvalue weighted by Crippen LogP contribution is 2.14. The maximum absolute atomic E-state index is 12.4. The number of amides is 1. The van der Waals surface area contributed by atoms with Crippen molar-refractivity contribution in [3.8, 4) is 0 Å². The molecule has 0 spiro atoms. The van der Waals surface area contributed by atoms with Crippen molar-refractivity contribution in [3.63, 3.8) is 0 Å². The fourth-order valence-electron chi connectivity index (χ4n) is 3.24. The molecule has 5 nitrogen and oxygen atoms in total. The predicted octanol–water partition coefficient (Wildman–Crippen LogP) is 1.93. The van der Waals surface area contributed by atoms with Crippen LogP contribution in [0.3, 0.4) is 0 Å². The Balaban J connectivity index is 1.38. The Kier molecular flexibility index (Phi) is 6.04. The minimum atomic E-state index is 0.119. The summed E-state index contributed by atoms with van der Waals surface area (Å²) in [5, 5.41) is 7.31. The van der Waals surface area contributed by atoms with Crippen LogP contribution in [0.4, 0.5) is 0 Å². The fraction of sp³-hybridized carbons (Fsp3) is 0.556. The van der Waals surface area contributed by atoms with Crippen molar-refractivity contribution < 1.29 is 9.53 Å². The van der Waals surface area contributed by atoms with E-state index in [1.54, 1.807) is 0 Å². The third kappa shape index (κ3) is 4.68. The molecule has 0 aliphatic carbocycles. The van der Waals surface area contributed by atoms with Crippen molar-refractivity contribution in [2.45, 2.75) is 37.8 Å². The summed E-state index contributed by atoms with van der Waals surface area (Å²) in [7, 11) is 0. The molecule has 6 heteroatoms. The van der Waals surface area contributed by atoms with Gasteiger partial charge >= 0.3 is 0 Å². The van der Waals surface area contributed by atoms with Crippen LogP contribution in [-0.2, 0) is 4.74 Å². The van der Waals surface area contributed by atoms with E-state index in [2.05, 4.69) is 10.6 Å². The third-order valence-electron chi connectivity index (χ3n) is 4.65. The first-order valence-electron chi connectivity index (χ1n) is 8.72. The van der Waals surface area contributed by atoms with Crippen molar-refractivity contribution in [1.29, 1.82) is 0 Å². The van der Waals surface area contributed by atoms with Crippen LogP contribution in [0.1, 0.15) is 36.0 Å². The van der Waals surface area contributed by atoms with E-state index in [-0.39, 0.29) is 12.0 Å². The summed E-state index contributed by atoms with van der Waals surface area (Å²) >= 11 is 5.37. The first kappa shape index (κ1) is 17.2. The molecule has 0 bridgehead atoms. The number of thiocarbonyl (C=S) groups is 1. The molecular weight excluding hydrogens is 322 g/mol. The molecule has 1 amide bonds.